The van der Waals surface area contributed by atoms with Crippen molar-refractivity contribution in [3.63, 3.8) is 0 Å². The first kappa shape index (κ1) is 22.7. The molecule has 0 radical (unpaired) electrons. The van der Waals surface area contributed by atoms with Gasteiger partial charge in [-0.05, 0) is 65.8 Å². The van der Waals surface area contributed by atoms with Crippen LogP contribution in [-0.2, 0) is 17.6 Å². The molecule has 0 saturated heterocycles. The Morgan fingerprint density at radius 2 is 1.69 bits per heavy atom. The summed E-state index contributed by atoms with van der Waals surface area (Å²) in [7, 11) is 0. The fourth-order valence-corrected chi connectivity index (χ4v) is 6.87. The maximum atomic E-state index is 6.32. The summed E-state index contributed by atoms with van der Waals surface area (Å²) in [6, 6.07) is 19.7. The molecule has 0 fully saturated rings. The van der Waals surface area contributed by atoms with Crippen LogP contribution in [-0.4, -0.2) is 10.7 Å². The van der Waals surface area contributed by atoms with Crippen LogP contribution in [0.5, 0.6) is 0 Å². The summed E-state index contributed by atoms with van der Waals surface area (Å²) in [6.45, 7) is 0. The maximum absolute atomic E-state index is 6.32. The van der Waals surface area contributed by atoms with E-state index < -0.39 is 0 Å². The van der Waals surface area contributed by atoms with Gasteiger partial charge in [0.2, 0.25) is 0 Å². The van der Waals surface area contributed by atoms with Crippen LogP contribution in [0, 0.1) is 0 Å². The van der Waals surface area contributed by atoms with Gasteiger partial charge >= 0.3 is 0 Å². The van der Waals surface area contributed by atoms with E-state index in [2.05, 4.69) is 114 Å². The Kier molecular flexibility index (Phi) is 5.33. The average molecular weight is 506 g/mol. The second-order valence-corrected chi connectivity index (χ2v) is 11.0. The third kappa shape index (κ3) is 3.78. The molecule has 5 aliphatic rings. The number of benzene rings is 2. The van der Waals surface area contributed by atoms with Gasteiger partial charge in [-0.15, -0.1) is 0 Å². The molecule has 0 spiro atoms. The van der Waals surface area contributed by atoms with Gasteiger partial charge in [-0.25, -0.2) is 0 Å². The second-order valence-electron chi connectivity index (χ2n) is 11.0. The Morgan fingerprint density at radius 3 is 2.64 bits per heavy atom. The Morgan fingerprint density at radius 1 is 0.769 bits per heavy atom. The van der Waals surface area contributed by atoms with Gasteiger partial charge < -0.3 is 9.30 Å². The monoisotopic (exact) mass is 505 g/mol. The highest BCUT2D eigenvalue weighted by Crippen LogP contribution is 2.44. The lowest BCUT2D eigenvalue weighted by atomic mass is 9.84. The standard InChI is InChI=1S/C37H31NO/c1-3-10-25(11-4-1)26-12-9-13-29(22-26)38-34-16-6-2-5-14-30(34)32-23-27(18-20-35(32)38)28-19-21-37-33(24-28)31-15-7-8-17-36(31)39-37/h1-7,9-15,19,22-24,37H,8,16-18,20-21H2. The lowest BCUT2D eigenvalue weighted by molar-refractivity contribution is 0.160. The molecule has 0 amide bonds. The topological polar surface area (TPSA) is 14.2 Å². The first-order valence-corrected chi connectivity index (χ1v) is 14.3. The first-order valence-electron chi connectivity index (χ1n) is 14.3. The predicted octanol–water partition coefficient (Wildman–Crippen LogP) is 8.86. The maximum Gasteiger partial charge on any atom is 0.127 e. The molecule has 1 aromatic heterocycles. The largest absolute Gasteiger partial charge is 0.489 e. The van der Waals surface area contributed by atoms with Gasteiger partial charge in [0.1, 0.15) is 11.9 Å². The molecule has 8 rings (SSSR count). The van der Waals surface area contributed by atoms with E-state index >= 15 is 0 Å². The minimum absolute atomic E-state index is 0.199. The summed E-state index contributed by atoms with van der Waals surface area (Å²) < 4.78 is 8.86. The molecule has 2 heteroatoms. The fraction of sp³-hybridized carbons (Fsp3) is 0.189. The summed E-state index contributed by atoms with van der Waals surface area (Å²) in [4.78, 5) is 0. The molecular formula is C37H31NO. The Bertz CT molecular complexity index is 1710. The number of ether oxygens (including phenoxy) is 1. The van der Waals surface area contributed by atoms with E-state index in [1.165, 1.54) is 67.4 Å². The number of allylic oxidation sites excluding steroid dienone is 9. The molecule has 0 saturated carbocycles. The SMILES string of the molecule is C1=CCc2c(c3c(n2-c2cccc(-c4ccccc4)c2)CCC(C2=CCC4OC5=C(C=CCC5)C4=C2)=C3)C=C1. The van der Waals surface area contributed by atoms with Crippen molar-refractivity contribution in [2.75, 3.05) is 0 Å². The van der Waals surface area contributed by atoms with Crippen LogP contribution in [0.3, 0.4) is 0 Å². The molecule has 3 aromatic rings. The van der Waals surface area contributed by atoms with Crippen molar-refractivity contribution < 1.29 is 4.74 Å². The van der Waals surface area contributed by atoms with Crippen molar-refractivity contribution in [2.45, 2.75) is 44.6 Å². The molecule has 0 bridgehead atoms. The summed E-state index contributed by atoms with van der Waals surface area (Å²) in [5, 5.41) is 0. The normalized spacial score (nSPS) is 20.7. The van der Waals surface area contributed by atoms with Gasteiger partial charge in [0.05, 0.1) is 0 Å². The van der Waals surface area contributed by atoms with E-state index in [9.17, 15) is 0 Å². The van der Waals surface area contributed by atoms with Gasteiger partial charge in [0.15, 0.2) is 0 Å². The summed E-state index contributed by atoms with van der Waals surface area (Å²) >= 11 is 0. The molecule has 4 aliphatic carbocycles. The summed E-state index contributed by atoms with van der Waals surface area (Å²) in [5.74, 6) is 1.20. The molecule has 1 aliphatic heterocycles. The molecule has 1 unspecified atom stereocenters. The molecular weight excluding hydrogens is 474 g/mol. The summed E-state index contributed by atoms with van der Waals surface area (Å²) in [5.41, 5.74) is 14.9. The minimum atomic E-state index is 0.199. The quantitative estimate of drug-likeness (QED) is 0.347. The highest BCUT2D eigenvalue weighted by atomic mass is 16.5. The molecule has 2 aromatic carbocycles. The Balaban J connectivity index is 1.23. The third-order valence-corrected chi connectivity index (χ3v) is 8.73. The van der Waals surface area contributed by atoms with Crippen LogP contribution in [0.2, 0.25) is 0 Å². The molecule has 2 nitrogen and oxygen atoms in total. The van der Waals surface area contributed by atoms with E-state index in [4.69, 9.17) is 4.74 Å². The average Bonchev–Trinajstić information content (AvgIpc) is 3.41. The molecule has 1 atom stereocenters. The fourth-order valence-electron chi connectivity index (χ4n) is 6.87. The number of hydrogen-bond donors (Lipinski definition) is 0. The number of nitrogens with zero attached hydrogens (tertiary/aromatic N) is 1. The third-order valence-electron chi connectivity index (χ3n) is 8.73. The highest BCUT2D eigenvalue weighted by molar-refractivity contribution is 5.78. The molecule has 2 heterocycles. The summed E-state index contributed by atoms with van der Waals surface area (Å²) in [6.07, 6.45) is 27.2. The van der Waals surface area contributed by atoms with E-state index in [0.29, 0.717) is 0 Å². The first-order chi connectivity index (χ1) is 19.3. The number of hydrogen-bond acceptors (Lipinski definition) is 1. The van der Waals surface area contributed by atoms with Gasteiger partial charge in [0.25, 0.3) is 0 Å². The Hall–Kier alpha value is -4.30. The predicted molar refractivity (Wildman–Crippen MR) is 160 cm³/mol. The number of rotatable bonds is 3. The van der Waals surface area contributed by atoms with Crippen molar-refractivity contribution >= 4 is 12.2 Å². The van der Waals surface area contributed by atoms with Gasteiger partial charge in [-0.1, -0.05) is 85.0 Å². The van der Waals surface area contributed by atoms with Crippen molar-refractivity contribution in [3.8, 4) is 16.8 Å². The molecule has 39 heavy (non-hydrogen) atoms. The van der Waals surface area contributed by atoms with E-state index in [0.717, 1.165) is 38.5 Å². The lowest BCUT2D eigenvalue weighted by Crippen LogP contribution is -2.13. The van der Waals surface area contributed by atoms with E-state index in [1.54, 1.807) is 0 Å². The highest BCUT2D eigenvalue weighted by Gasteiger charge is 2.33. The van der Waals surface area contributed by atoms with Gasteiger partial charge in [0, 0.05) is 58.6 Å². The number of fused-ring (bicyclic) bond motifs is 5. The van der Waals surface area contributed by atoms with Crippen molar-refractivity contribution in [1.29, 1.82) is 0 Å². The Labute approximate surface area is 230 Å². The number of aromatic nitrogens is 1. The van der Waals surface area contributed by atoms with Crippen molar-refractivity contribution in [3.05, 3.63) is 148 Å². The smallest absolute Gasteiger partial charge is 0.127 e. The second kappa shape index (κ2) is 9.17. The van der Waals surface area contributed by atoms with E-state index in [-0.39, 0.29) is 6.10 Å². The lowest BCUT2D eigenvalue weighted by Gasteiger charge is -2.23. The van der Waals surface area contributed by atoms with Crippen LogP contribution < -0.4 is 0 Å². The minimum Gasteiger partial charge on any atom is -0.489 e. The molecule has 190 valence electrons. The van der Waals surface area contributed by atoms with Crippen molar-refractivity contribution in [1.82, 2.24) is 4.57 Å². The van der Waals surface area contributed by atoms with Gasteiger partial charge in [-0.2, -0.15) is 0 Å². The zero-order valence-electron chi connectivity index (χ0n) is 22.1. The van der Waals surface area contributed by atoms with Gasteiger partial charge in [-0.3, -0.25) is 0 Å². The van der Waals surface area contributed by atoms with E-state index in [1.807, 2.05) is 0 Å². The van der Waals surface area contributed by atoms with Crippen LogP contribution in [0.25, 0.3) is 29.0 Å². The van der Waals surface area contributed by atoms with Crippen molar-refractivity contribution in [2.24, 2.45) is 0 Å². The van der Waals surface area contributed by atoms with Crippen LogP contribution >= 0.6 is 0 Å². The zero-order valence-corrected chi connectivity index (χ0v) is 22.1. The van der Waals surface area contributed by atoms with Crippen LogP contribution in [0.1, 0.15) is 48.2 Å². The van der Waals surface area contributed by atoms with Crippen LogP contribution in [0.4, 0.5) is 0 Å². The van der Waals surface area contributed by atoms with Crippen LogP contribution in [0.15, 0.2) is 125 Å². The zero-order chi connectivity index (χ0) is 25.8. The molecule has 0 N–H and O–H groups in total.